The normalized spacial score (nSPS) is 10.8. The summed E-state index contributed by atoms with van der Waals surface area (Å²) >= 11 is 0. The minimum absolute atomic E-state index is 0.155. The van der Waals surface area contributed by atoms with Crippen molar-refractivity contribution in [3.63, 3.8) is 0 Å². The summed E-state index contributed by atoms with van der Waals surface area (Å²) in [5, 5.41) is 9.58. The van der Waals surface area contributed by atoms with E-state index >= 15 is 0 Å². The van der Waals surface area contributed by atoms with Crippen molar-refractivity contribution < 1.29 is 14.6 Å². The molecule has 0 unspecified atom stereocenters. The monoisotopic (exact) mass is 284 g/mol. The summed E-state index contributed by atoms with van der Waals surface area (Å²) in [6.45, 7) is 2.32. The third-order valence-corrected chi connectivity index (χ3v) is 3.10. The summed E-state index contributed by atoms with van der Waals surface area (Å²) in [5.41, 5.74) is 1.34. The van der Waals surface area contributed by atoms with Crippen LogP contribution in [0.15, 0.2) is 48.7 Å². The maximum atomic E-state index is 9.58. The Balaban J connectivity index is 2.02. The topological polar surface area (TPSA) is 56.0 Å². The Bertz CT molecular complexity index is 752. The molecule has 0 aliphatic rings. The van der Waals surface area contributed by atoms with Crippen LogP contribution in [0.4, 0.5) is 0 Å². The molecule has 2 aromatic heterocycles. The van der Waals surface area contributed by atoms with Crippen molar-refractivity contribution >= 4 is 5.65 Å². The SMILES string of the molecule is CCOc1ccccc1Oc1nc2ccccn2c1CO. The van der Waals surface area contributed by atoms with Gasteiger partial charge in [-0.25, -0.2) is 0 Å². The number of aliphatic hydroxyl groups excluding tert-OH is 1. The summed E-state index contributed by atoms with van der Waals surface area (Å²) in [7, 11) is 0. The van der Waals surface area contributed by atoms with Crippen molar-refractivity contribution in [1.29, 1.82) is 0 Å². The van der Waals surface area contributed by atoms with Crippen LogP contribution >= 0.6 is 0 Å². The molecule has 0 saturated carbocycles. The van der Waals surface area contributed by atoms with Crippen LogP contribution in [-0.2, 0) is 6.61 Å². The van der Waals surface area contributed by atoms with Crippen molar-refractivity contribution in [2.24, 2.45) is 0 Å². The molecule has 0 aliphatic heterocycles. The predicted molar refractivity (Wildman–Crippen MR) is 78.8 cm³/mol. The number of para-hydroxylation sites is 2. The molecule has 21 heavy (non-hydrogen) atoms. The molecule has 108 valence electrons. The number of hydrogen-bond donors (Lipinski definition) is 1. The van der Waals surface area contributed by atoms with E-state index in [0.29, 0.717) is 29.7 Å². The number of fused-ring (bicyclic) bond motifs is 1. The van der Waals surface area contributed by atoms with Crippen molar-refractivity contribution in [1.82, 2.24) is 9.38 Å². The number of nitrogens with zero attached hydrogens (tertiary/aromatic N) is 2. The molecule has 2 heterocycles. The number of imidazole rings is 1. The molecule has 1 N–H and O–H groups in total. The summed E-state index contributed by atoms with van der Waals surface area (Å²) in [6.07, 6.45) is 1.84. The third-order valence-electron chi connectivity index (χ3n) is 3.10. The van der Waals surface area contributed by atoms with Crippen molar-refractivity contribution in [2.75, 3.05) is 6.61 Å². The lowest BCUT2D eigenvalue weighted by Crippen LogP contribution is -1.97. The van der Waals surface area contributed by atoms with Crippen LogP contribution in [0.1, 0.15) is 12.6 Å². The largest absolute Gasteiger partial charge is 0.490 e. The second kappa shape index (κ2) is 5.85. The lowest BCUT2D eigenvalue weighted by Gasteiger charge is -2.10. The van der Waals surface area contributed by atoms with Gasteiger partial charge in [0.05, 0.1) is 13.2 Å². The molecule has 3 aromatic rings. The molecule has 0 spiro atoms. The number of benzene rings is 1. The zero-order valence-electron chi connectivity index (χ0n) is 11.7. The van der Waals surface area contributed by atoms with Gasteiger partial charge in [0.25, 0.3) is 0 Å². The molecule has 0 fully saturated rings. The molecule has 0 amide bonds. The van der Waals surface area contributed by atoms with Gasteiger partial charge in [-0.2, -0.15) is 4.98 Å². The van der Waals surface area contributed by atoms with Crippen molar-refractivity contribution in [3.8, 4) is 17.4 Å². The van der Waals surface area contributed by atoms with Crippen LogP contribution < -0.4 is 9.47 Å². The van der Waals surface area contributed by atoms with E-state index in [0.717, 1.165) is 5.65 Å². The van der Waals surface area contributed by atoms with Crippen molar-refractivity contribution in [2.45, 2.75) is 13.5 Å². The summed E-state index contributed by atoms with van der Waals surface area (Å²) in [5.74, 6) is 1.62. The van der Waals surface area contributed by atoms with Gasteiger partial charge in [0.1, 0.15) is 11.3 Å². The number of aromatic nitrogens is 2. The Hall–Kier alpha value is -2.53. The van der Waals surface area contributed by atoms with Gasteiger partial charge < -0.3 is 14.6 Å². The molecule has 5 heteroatoms. The van der Waals surface area contributed by atoms with Crippen LogP contribution in [0.3, 0.4) is 0 Å². The molecule has 5 nitrogen and oxygen atoms in total. The molecule has 0 bridgehead atoms. The van der Waals surface area contributed by atoms with E-state index in [2.05, 4.69) is 4.98 Å². The van der Waals surface area contributed by atoms with Crippen LogP contribution in [0, 0.1) is 0 Å². The van der Waals surface area contributed by atoms with Crippen LogP contribution in [0.25, 0.3) is 5.65 Å². The van der Waals surface area contributed by atoms with Gasteiger partial charge in [-0.3, -0.25) is 4.40 Å². The molecule has 1 aromatic carbocycles. The Kier molecular flexibility index (Phi) is 3.75. The highest BCUT2D eigenvalue weighted by molar-refractivity contribution is 5.48. The van der Waals surface area contributed by atoms with Gasteiger partial charge in [0, 0.05) is 6.20 Å². The van der Waals surface area contributed by atoms with Crippen molar-refractivity contribution in [3.05, 3.63) is 54.4 Å². The maximum absolute atomic E-state index is 9.58. The highest BCUT2D eigenvalue weighted by atomic mass is 16.5. The maximum Gasteiger partial charge on any atom is 0.244 e. The second-order valence-electron chi connectivity index (χ2n) is 4.43. The van der Waals surface area contributed by atoms with Gasteiger partial charge in [0.15, 0.2) is 11.5 Å². The highest BCUT2D eigenvalue weighted by Gasteiger charge is 2.15. The molecular formula is C16H16N2O3. The number of pyridine rings is 1. The van der Waals surface area contributed by atoms with Gasteiger partial charge in [0.2, 0.25) is 5.88 Å². The first-order valence-electron chi connectivity index (χ1n) is 6.80. The summed E-state index contributed by atoms with van der Waals surface area (Å²) < 4.78 is 13.2. The first-order valence-corrected chi connectivity index (χ1v) is 6.80. The average molecular weight is 284 g/mol. The third kappa shape index (κ3) is 2.55. The zero-order chi connectivity index (χ0) is 14.7. The van der Waals surface area contributed by atoms with E-state index in [9.17, 15) is 5.11 Å². The standard InChI is InChI=1S/C16H16N2O3/c1-2-20-13-7-3-4-8-14(13)21-16-12(11-19)18-10-6-5-9-15(18)17-16/h3-10,19H,2,11H2,1H3. The van der Waals surface area contributed by atoms with E-state index in [1.54, 1.807) is 4.40 Å². The average Bonchev–Trinajstić information content (AvgIpc) is 2.86. The predicted octanol–water partition coefficient (Wildman–Crippen LogP) is 3.02. The minimum Gasteiger partial charge on any atom is -0.490 e. The van der Waals surface area contributed by atoms with Crippen LogP contribution in [0.2, 0.25) is 0 Å². The van der Waals surface area contributed by atoms with E-state index in [-0.39, 0.29) is 6.61 Å². The Labute approximate surface area is 122 Å². The smallest absolute Gasteiger partial charge is 0.244 e. The van der Waals surface area contributed by atoms with Crippen LogP contribution in [-0.4, -0.2) is 21.1 Å². The molecular weight excluding hydrogens is 268 g/mol. The van der Waals surface area contributed by atoms with E-state index in [1.165, 1.54) is 0 Å². The van der Waals surface area contributed by atoms with Crippen LogP contribution in [0.5, 0.6) is 17.4 Å². The number of rotatable bonds is 5. The highest BCUT2D eigenvalue weighted by Crippen LogP contribution is 2.32. The minimum atomic E-state index is -0.155. The van der Waals surface area contributed by atoms with Gasteiger partial charge in [-0.15, -0.1) is 0 Å². The second-order valence-corrected chi connectivity index (χ2v) is 4.43. The van der Waals surface area contributed by atoms with Gasteiger partial charge in [-0.1, -0.05) is 18.2 Å². The molecule has 0 aliphatic carbocycles. The lowest BCUT2D eigenvalue weighted by molar-refractivity contribution is 0.268. The van der Waals surface area contributed by atoms with E-state index in [4.69, 9.17) is 9.47 Å². The molecule has 0 radical (unpaired) electrons. The fourth-order valence-corrected chi connectivity index (χ4v) is 2.16. The molecule has 0 atom stereocenters. The fraction of sp³-hybridized carbons (Fsp3) is 0.188. The molecule has 0 saturated heterocycles. The van der Waals surface area contributed by atoms with E-state index < -0.39 is 0 Å². The first kappa shape index (κ1) is 13.5. The Morgan fingerprint density at radius 1 is 1.10 bits per heavy atom. The lowest BCUT2D eigenvalue weighted by atomic mass is 10.3. The van der Waals surface area contributed by atoms with Gasteiger partial charge in [-0.05, 0) is 31.2 Å². The number of aliphatic hydroxyl groups is 1. The first-order chi connectivity index (χ1) is 10.3. The quantitative estimate of drug-likeness (QED) is 0.782. The Morgan fingerprint density at radius 2 is 1.86 bits per heavy atom. The fourth-order valence-electron chi connectivity index (χ4n) is 2.16. The number of hydrogen-bond acceptors (Lipinski definition) is 4. The Morgan fingerprint density at radius 3 is 2.62 bits per heavy atom. The summed E-state index contributed by atoms with van der Waals surface area (Å²) in [4.78, 5) is 4.41. The number of ether oxygens (including phenoxy) is 2. The molecule has 3 rings (SSSR count). The van der Waals surface area contributed by atoms with Gasteiger partial charge >= 0.3 is 0 Å². The van der Waals surface area contributed by atoms with E-state index in [1.807, 2.05) is 55.6 Å². The zero-order valence-corrected chi connectivity index (χ0v) is 11.7. The summed E-state index contributed by atoms with van der Waals surface area (Å²) in [6, 6.07) is 13.0.